The van der Waals surface area contributed by atoms with Crippen molar-refractivity contribution < 1.29 is 4.92 Å². The number of rotatable bonds is 3. The highest BCUT2D eigenvalue weighted by Gasteiger charge is 2.15. The molecular formula is C15H10Cl2N2O2. The Kier molecular flexibility index (Phi) is 3.57. The molecule has 6 heteroatoms. The molecule has 0 aliphatic heterocycles. The minimum absolute atomic E-state index is 0.0106. The molecule has 4 nitrogen and oxygen atoms in total. The molecule has 0 bridgehead atoms. The fraction of sp³-hybridized carbons (Fsp3) is 0.0667. The molecule has 0 aliphatic rings. The van der Waals surface area contributed by atoms with E-state index in [0.29, 0.717) is 22.2 Å². The number of hydrogen-bond acceptors (Lipinski definition) is 2. The van der Waals surface area contributed by atoms with E-state index in [1.807, 2.05) is 29.0 Å². The van der Waals surface area contributed by atoms with Crippen LogP contribution in [0.1, 0.15) is 5.56 Å². The lowest BCUT2D eigenvalue weighted by Gasteiger charge is -2.08. The van der Waals surface area contributed by atoms with Crippen LogP contribution < -0.4 is 0 Å². The van der Waals surface area contributed by atoms with Gasteiger partial charge in [-0.2, -0.15) is 0 Å². The van der Waals surface area contributed by atoms with Crippen LogP contribution in [-0.4, -0.2) is 9.49 Å². The van der Waals surface area contributed by atoms with Crippen LogP contribution >= 0.6 is 23.2 Å². The molecule has 3 rings (SSSR count). The number of nitro benzene ring substituents is 1. The molecule has 0 unspecified atom stereocenters. The number of hydrogen-bond donors (Lipinski definition) is 0. The van der Waals surface area contributed by atoms with Gasteiger partial charge in [-0.1, -0.05) is 35.3 Å². The number of fused-ring (bicyclic) bond motifs is 1. The van der Waals surface area contributed by atoms with Crippen LogP contribution in [0.3, 0.4) is 0 Å². The Morgan fingerprint density at radius 3 is 2.71 bits per heavy atom. The summed E-state index contributed by atoms with van der Waals surface area (Å²) in [5.74, 6) is 0. The van der Waals surface area contributed by atoms with Crippen LogP contribution in [0, 0.1) is 10.1 Å². The number of benzene rings is 2. The van der Waals surface area contributed by atoms with Crippen molar-refractivity contribution in [1.82, 2.24) is 4.57 Å². The van der Waals surface area contributed by atoms with Gasteiger partial charge in [0.2, 0.25) is 0 Å². The molecule has 0 radical (unpaired) electrons. The quantitative estimate of drug-likeness (QED) is 0.508. The summed E-state index contributed by atoms with van der Waals surface area (Å²) in [5, 5.41) is 13.1. The van der Waals surface area contributed by atoms with E-state index in [1.54, 1.807) is 18.2 Å². The minimum atomic E-state index is -0.422. The van der Waals surface area contributed by atoms with Crippen LogP contribution in [0.25, 0.3) is 10.9 Å². The first kappa shape index (κ1) is 13.9. The van der Waals surface area contributed by atoms with E-state index in [0.717, 1.165) is 10.9 Å². The van der Waals surface area contributed by atoms with E-state index in [2.05, 4.69) is 0 Å². The maximum Gasteiger partial charge on any atom is 0.275 e. The van der Waals surface area contributed by atoms with E-state index < -0.39 is 4.92 Å². The zero-order valence-corrected chi connectivity index (χ0v) is 12.3. The Hall–Kier alpha value is -2.04. The Morgan fingerprint density at radius 2 is 1.95 bits per heavy atom. The van der Waals surface area contributed by atoms with Gasteiger partial charge in [0.15, 0.2) is 0 Å². The van der Waals surface area contributed by atoms with Gasteiger partial charge in [-0.25, -0.2) is 0 Å². The zero-order valence-electron chi connectivity index (χ0n) is 10.8. The maximum atomic E-state index is 11.1. The molecule has 1 aromatic heterocycles. The van der Waals surface area contributed by atoms with Gasteiger partial charge >= 0.3 is 0 Å². The lowest BCUT2D eigenvalue weighted by molar-refractivity contribution is -0.385. The van der Waals surface area contributed by atoms with Gasteiger partial charge in [0.1, 0.15) is 0 Å². The number of aromatic nitrogens is 1. The first-order chi connectivity index (χ1) is 10.1. The van der Waals surface area contributed by atoms with Crippen LogP contribution in [0.5, 0.6) is 0 Å². The summed E-state index contributed by atoms with van der Waals surface area (Å²) in [4.78, 5) is 10.7. The SMILES string of the molecule is O=[N+]([O-])c1cc(Cl)ccc1Cn1ccc2cccc(Cl)c21. The lowest BCUT2D eigenvalue weighted by atomic mass is 10.1. The summed E-state index contributed by atoms with van der Waals surface area (Å²) in [5.41, 5.74) is 1.46. The second-order valence-electron chi connectivity index (χ2n) is 4.65. The Labute approximate surface area is 130 Å². The molecular weight excluding hydrogens is 311 g/mol. The summed E-state index contributed by atoms with van der Waals surface area (Å²) in [6, 6.07) is 12.2. The first-order valence-corrected chi connectivity index (χ1v) is 6.98. The van der Waals surface area contributed by atoms with Crippen LogP contribution in [0.4, 0.5) is 5.69 Å². The fourth-order valence-electron chi connectivity index (χ4n) is 2.37. The second kappa shape index (κ2) is 5.39. The predicted octanol–water partition coefficient (Wildman–Crippen LogP) is 4.90. The van der Waals surface area contributed by atoms with Crippen molar-refractivity contribution in [3.8, 4) is 0 Å². The molecule has 0 saturated heterocycles. The van der Waals surface area contributed by atoms with Crippen molar-refractivity contribution in [2.45, 2.75) is 6.54 Å². The molecule has 0 aliphatic carbocycles. The van der Waals surface area contributed by atoms with E-state index in [1.165, 1.54) is 6.07 Å². The second-order valence-corrected chi connectivity index (χ2v) is 5.50. The summed E-state index contributed by atoms with van der Waals surface area (Å²) in [6.07, 6.45) is 1.87. The predicted molar refractivity (Wildman–Crippen MR) is 84.2 cm³/mol. The van der Waals surface area contributed by atoms with Crippen molar-refractivity contribution in [2.75, 3.05) is 0 Å². The van der Waals surface area contributed by atoms with Gasteiger partial charge in [0, 0.05) is 28.2 Å². The smallest absolute Gasteiger partial charge is 0.275 e. The van der Waals surface area contributed by atoms with Crippen molar-refractivity contribution >= 4 is 39.8 Å². The van der Waals surface area contributed by atoms with E-state index in [4.69, 9.17) is 23.2 Å². The van der Waals surface area contributed by atoms with Crippen LogP contribution in [0.2, 0.25) is 10.0 Å². The van der Waals surface area contributed by atoms with Gasteiger partial charge in [0.25, 0.3) is 5.69 Å². The third-order valence-corrected chi connectivity index (χ3v) is 3.86. The topological polar surface area (TPSA) is 48.1 Å². The van der Waals surface area contributed by atoms with Crippen molar-refractivity contribution in [2.24, 2.45) is 0 Å². The minimum Gasteiger partial charge on any atom is -0.342 e. The van der Waals surface area contributed by atoms with Gasteiger partial charge in [-0.3, -0.25) is 10.1 Å². The van der Waals surface area contributed by atoms with Gasteiger partial charge in [0.05, 0.1) is 22.0 Å². The van der Waals surface area contributed by atoms with Crippen molar-refractivity contribution in [3.05, 3.63) is 74.4 Å². The molecule has 1 heterocycles. The average Bonchev–Trinajstić information content (AvgIpc) is 2.85. The van der Waals surface area contributed by atoms with E-state index >= 15 is 0 Å². The zero-order chi connectivity index (χ0) is 15.0. The number of nitrogens with zero attached hydrogens (tertiary/aromatic N) is 2. The Morgan fingerprint density at radius 1 is 1.14 bits per heavy atom. The normalized spacial score (nSPS) is 11.0. The largest absolute Gasteiger partial charge is 0.342 e. The van der Waals surface area contributed by atoms with Gasteiger partial charge in [-0.05, 0) is 24.3 Å². The highest BCUT2D eigenvalue weighted by Crippen LogP contribution is 2.28. The van der Waals surface area contributed by atoms with Crippen LogP contribution in [-0.2, 0) is 6.54 Å². The lowest BCUT2D eigenvalue weighted by Crippen LogP contribution is -2.02. The molecule has 3 aromatic rings. The summed E-state index contributed by atoms with van der Waals surface area (Å²) < 4.78 is 1.90. The Bertz CT molecular complexity index is 843. The molecule has 0 fully saturated rings. The summed E-state index contributed by atoms with van der Waals surface area (Å²) in [6.45, 7) is 0.362. The Balaban J connectivity index is 2.09. The maximum absolute atomic E-state index is 11.1. The average molecular weight is 321 g/mol. The number of halogens is 2. The standard InChI is InChI=1S/C15H10Cl2N2O2/c16-12-5-4-11(14(8-12)19(20)21)9-18-7-6-10-2-1-3-13(17)15(10)18/h1-8H,9H2. The molecule has 0 spiro atoms. The number of nitro groups is 1. The highest BCUT2D eigenvalue weighted by molar-refractivity contribution is 6.35. The molecule has 21 heavy (non-hydrogen) atoms. The van der Waals surface area contributed by atoms with Gasteiger partial charge < -0.3 is 4.57 Å². The fourth-order valence-corrected chi connectivity index (χ4v) is 2.83. The monoisotopic (exact) mass is 320 g/mol. The highest BCUT2D eigenvalue weighted by atomic mass is 35.5. The van der Waals surface area contributed by atoms with E-state index in [-0.39, 0.29) is 5.69 Å². The van der Waals surface area contributed by atoms with Crippen molar-refractivity contribution in [1.29, 1.82) is 0 Å². The van der Waals surface area contributed by atoms with Crippen LogP contribution in [0.15, 0.2) is 48.7 Å². The molecule has 0 amide bonds. The summed E-state index contributed by atoms with van der Waals surface area (Å²) in [7, 11) is 0. The third-order valence-electron chi connectivity index (χ3n) is 3.32. The van der Waals surface area contributed by atoms with Gasteiger partial charge in [-0.15, -0.1) is 0 Å². The molecule has 2 aromatic carbocycles. The molecule has 0 atom stereocenters. The van der Waals surface area contributed by atoms with Crippen molar-refractivity contribution in [3.63, 3.8) is 0 Å². The first-order valence-electron chi connectivity index (χ1n) is 6.22. The van der Waals surface area contributed by atoms with E-state index in [9.17, 15) is 10.1 Å². The number of para-hydroxylation sites is 1. The molecule has 0 saturated carbocycles. The molecule has 0 N–H and O–H groups in total. The summed E-state index contributed by atoms with van der Waals surface area (Å²) >= 11 is 12.1. The third kappa shape index (κ3) is 2.60. The molecule has 106 valence electrons.